The van der Waals surface area contributed by atoms with Gasteiger partial charge < -0.3 is 5.32 Å². The van der Waals surface area contributed by atoms with Crippen molar-refractivity contribution in [3.8, 4) is 6.07 Å². The third-order valence-electron chi connectivity index (χ3n) is 2.10. The van der Waals surface area contributed by atoms with Crippen molar-refractivity contribution in [2.24, 2.45) is 0 Å². The highest BCUT2D eigenvalue weighted by Gasteiger charge is 2.06. The lowest BCUT2D eigenvalue weighted by Gasteiger charge is -2.07. The van der Waals surface area contributed by atoms with Crippen LogP contribution in [0.4, 0.5) is 5.69 Å². The van der Waals surface area contributed by atoms with Gasteiger partial charge in [0.25, 0.3) is 0 Å². The molecule has 0 aromatic heterocycles. The zero-order valence-electron chi connectivity index (χ0n) is 9.20. The average molecular weight is 318 g/mol. The predicted molar refractivity (Wildman–Crippen MR) is 70.2 cm³/mol. The Morgan fingerprint density at radius 3 is 2.71 bits per heavy atom. The number of rotatable bonds is 5. The number of nitrogens with one attached hydrogen (secondary N) is 2. The highest BCUT2D eigenvalue weighted by atomic mass is 79.9. The monoisotopic (exact) mass is 317 g/mol. The summed E-state index contributed by atoms with van der Waals surface area (Å²) >= 11 is 3.26. The van der Waals surface area contributed by atoms with Crippen LogP contribution in [0.1, 0.15) is 5.56 Å². The normalized spacial score (nSPS) is 10.9. The van der Waals surface area contributed by atoms with Gasteiger partial charge >= 0.3 is 0 Å². The number of anilines is 1. The van der Waals surface area contributed by atoms with E-state index < -0.39 is 10.0 Å². The number of hydrogen-bond donors (Lipinski definition) is 2. The van der Waals surface area contributed by atoms with Crippen LogP contribution in [0.25, 0.3) is 0 Å². The summed E-state index contributed by atoms with van der Waals surface area (Å²) in [6.07, 6.45) is 0. The fraction of sp³-hybridized carbons (Fsp3) is 0.300. The first kappa shape index (κ1) is 14.0. The second-order valence-electron chi connectivity index (χ2n) is 3.26. The molecule has 0 atom stereocenters. The smallest absolute Gasteiger partial charge is 0.213 e. The number of nitriles is 1. The molecule has 0 aliphatic heterocycles. The third kappa shape index (κ3) is 4.34. The van der Waals surface area contributed by atoms with Crippen LogP contribution in [0.2, 0.25) is 0 Å². The number of halogens is 1. The Bertz CT molecular complexity index is 537. The van der Waals surface area contributed by atoms with Gasteiger partial charge in [-0.25, -0.2) is 13.1 Å². The summed E-state index contributed by atoms with van der Waals surface area (Å²) in [5.41, 5.74) is 1.31. The Labute approximate surface area is 109 Å². The van der Waals surface area contributed by atoms with Crippen LogP contribution in [-0.4, -0.2) is 27.8 Å². The molecule has 0 aliphatic rings. The van der Waals surface area contributed by atoms with Crippen molar-refractivity contribution in [3.05, 3.63) is 28.2 Å². The van der Waals surface area contributed by atoms with Crippen LogP contribution in [0.3, 0.4) is 0 Å². The molecule has 1 aromatic carbocycles. The Morgan fingerprint density at radius 2 is 2.18 bits per heavy atom. The van der Waals surface area contributed by atoms with E-state index in [0.29, 0.717) is 16.6 Å². The molecule has 0 fully saturated rings. The molecule has 0 aliphatic carbocycles. The second-order valence-corrected chi connectivity index (χ2v) is 6.16. The highest BCUT2D eigenvalue weighted by molar-refractivity contribution is 9.10. The van der Waals surface area contributed by atoms with E-state index in [4.69, 9.17) is 5.26 Å². The maximum atomic E-state index is 11.2. The van der Waals surface area contributed by atoms with Gasteiger partial charge in [-0.3, -0.25) is 0 Å². The predicted octanol–water partition coefficient (Wildman–Crippen LogP) is 1.28. The third-order valence-corrected chi connectivity index (χ3v) is 4.12. The summed E-state index contributed by atoms with van der Waals surface area (Å²) < 4.78 is 25.2. The highest BCUT2D eigenvalue weighted by Crippen LogP contribution is 2.20. The standard InChI is InChI=1S/C10H12BrN3O2S/c1-13-17(15,16)5-4-14-9-3-2-8(7-12)10(11)6-9/h2-3,6,13-14H,4-5H2,1H3. The molecule has 7 heteroatoms. The molecule has 92 valence electrons. The van der Waals surface area contributed by atoms with Gasteiger partial charge in [-0.05, 0) is 41.2 Å². The molecular formula is C10H12BrN3O2S. The van der Waals surface area contributed by atoms with Gasteiger partial charge in [0.15, 0.2) is 0 Å². The van der Waals surface area contributed by atoms with Crippen molar-refractivity contribution in [3.63, 3.8) is 0 Å². The molecule has 5 nitrogen and oxygen atoms in total. The molecule has 0 amide bonds. The van der Waals surface area contributed by atoms with Gasteiger partial charge in [-0.2, -0.15) is 5.26 Å². The molecule has 0 unspecified atom stereocenters. The van der Waals surface area contributed by atoms with Crippen molar-refractivity contribution >= 4 is 31.6 Å². The minimum Gasteiger partial charge on any atom is -0.384 e. The second kappa shape index (κ2) is 6.00. The lowest BCUT2D eigenvalue weighted by atomic mass is 10.2. The molecule has 1 aromatic rings. The lowest BCUT2D eigenvalue weighted by Crippen LogP contribution is -2.26. The quantitative estimate of drug-likeness (QED) is 0.857. The molecule has 2 N–H and O–H groups in total. The lowest BCUT2D eigenvalue weighted by molar-refractivity contribution is 0.588. The van der Waals surface area contributed by atoms with Gasteiger partial charge in [-0.15, -0.1) is 0 Å². The zero-order chi connectivity index (χ0) is 12.9. The SMILES string of the molecule is CNS(=O)(=O)CCNc1ccc(C#N)c(Br)c1. The number of hydrogen-bond acceptors (Lipinski definition) is 4. The van der Waals surface area contributed by atoms with E-state index in [1.54, 1.807) is 18.2 Å². The fourth-order valence-corrected chi connectivity index (χ4v) is 2.19. The number of sulfonamides is 1. The number of benzene rings is 1. The van der Waals surface area contributed by atoms with Crippen molar-refractivity contribution in [2.75, 3.05) is 24.7 Å². The zero-order valence-corrected chi connectivity index (χ0v) is 11.6. The van der Waals surface area contributed by atoms with E-state index in [-0.39, 0.29) is 5.75 Å². The summed E-state index contributed by atoms with van der Waals surface area (Å²) in [6, 6.07) is 7.17. The minimum atomic E-state index is -3.19. The Balaban J connectivity index is 2.60. The van der Waals surface area contributed by atoms with Gasteiger partial charge in [0.2, 0.25) is 10.0 Å². The molecule has 0 saturated heterocycles. The Hall–Kier alpha value is -1.10. The van der Waals surface area contributed by atoms with Gasteiger partial charge in [0, 0.05) is 16.7 Å². The van der Waals surface area contributed by atoms with Crippen LogP contribution in [0.15, 0.2) is 22.7 Å². The van der Waals surface area contributed by atoms with Crippen molar-refractivity contribution in [1.29, 1.82) is 5.26 Å². The van der Waals surface area contributed by atoms with E-state index >= 15 is 0 Å². The summed E-state index contributed by atoms with van der Waals surface area (Å²) in [6.45, 7) is 0.307. The minimum absolute atomic E-state index is 0.00111. The molecule has 17 heavy (non-hydrogen) atoms. The Morgan fingerprint density at radius 1 is 1.47 bits per heavy atom. The van der Waals surface area contributed by atoms with Gasteiger partial charge in [0.1, 0.15) is 6.07 Å². The van der Waals surface area contributed by atoms with Gasteiger partial charge in [0.05, 0.1) is 11.3 Å². The first-order chi connectivity index (χ1) is 7.98. The molecule has 0 heterocycles. The summed E-state index contributed by atoms with van der Waals surface area (Å²) in [5, 5.41) is 11.7. The maximum absolute atomic E-state index is 11.2. The maximum Gasteiger partial charge on any atom is 0.213 e. The molecule has 0 bridgehead atoms. The van der Waals surface area contributed by atoms with E-state index in [9.17, 15) is 8.42 Å². The first-order valence-electron chi connectivity index (χ1n) is 4.83. The summed E-state index contributed by atoms with van der Waals surface area (Å²) in [5.74, 6) is 0.00111. The molecule has 0 radical (unpaired) electrons. The van der Waals surface area contributed by atoms with Crippen molar-refractivity contribution in [2.45, 2.75) is 0 Å². The summed E-state index contributed by atoms with van der Waals surface area (Å²) in [7, 11) is -1.81. The van der Waals surface area contributed by atoms with E-state index in [2.05, 4.69) is 26.0 Å². The van der Waals surface area contributed by atoms with Crippen LogP contribution in [0, 0.1) is 11.3 Å². The largest absolute Gasteiger partial charge is 0.384 e. The topological polar surface area (TPSA) is 82.0 Å². The van der Waals surface area contributed by atoms with Crippen LogP contribution in [0.5, 0.6) is 0 Å². The number of nitrogens with zero attached hydrogens (tertiary/aromatic N) is 1. The van der Waals surface area contributed by atoms with E-state index in [1.807, 2.05) is 6.07 Å². The molecular weight excluding hydrogens is 306 g/mol. The Kier molecular flexibility index (Phi) is 4.93. The van der Waals surface area contributed by atoms with E-state index in [1.165, 1.54) is 7.05 Å². The van der Waals surface area contributed by atoms with Crippen LogP contribution in [-0.2, 0) is 10.0 Å². The molecule has 1 rings (SSSR count). The molecule has 0 spiro atoms. The first-order valence-corrected chi connectivity index (χ1v) is 7.28. The molecule has 0 saturated carbocycles. The fourth-order valence-electron chi connectivity index (χ4n) is 1.15. The van der Waals surface area contributed by atoms with E-state index in [0.717, 1.165) is 5.69 Å². The summed E-state index contributed by atoms with van der Waals surface area (Å²) in [4.78, 5) is 0. The van der Waals surface area contributed by atoms with Gasteiger partial charge in [-0.1, -0.05) is 0 Å². The average Bonchev–Trinajstić information content (AvgIpc) is 2.29. The van der Waals surface area contributed by atoms with Crippen LogP contribution >= 0.6 is 15.9 Å². The van der Waals surface area contributed by atoms with Crippen molar-refractivity contribution < 1.29 is 8.42 Å². The van der Waals surface area contributed by atoms with Crippen molar-refractivity contribution in [1.82, 2.24) is 4.72 Å². The van der Waals surface area contributed by atoms with Crippen LogP contribution < -0.4 is 10.0 Å².